The lowest BCUT2D eigenvalue weighted by Gasteiger charge is -2.26. The zero-order chi connectivity index (χ0) is 13.7. The molecular weight excluding hydrogens is 242 g/mol. The van der Waals surface area contributed by atoms with Crippen molar-refractivity contribution >= 4 is 5.91 Å². The van der Waals surface area contributed by atoms with E-state index in [9.17, 15) is 4.79 Å². The van der Waals surface area contributed by atoms with Crippen LogP contribution in [0, 0.1) is 0 Å². The van der Waals surface area contributed by atoms with Gasteiger partial charge in [-0.1, -0.05) is 25.1 Å². The van der Waals surface area contributed by atoms with Crippen LogP contribution in [0.25, 0.3) is 0 Å². The predicted octanol–water partition coefficient (Wildman–Crippen LogP) is 1.83. The average Bonchev–Trinajstić information content (AvgIpc) is 3.27. The van der Waals surface area contributed by atoms with Crippen LogP contribution in [0.1, 0.15) is 26.2 Å². The lowest BCUT2D eigenvalue weighted by atomic mass is 10.2. The minimum absolute atomic E-state index is 0.00398. The second kappa shape index (κ2) is 6.57. The van der Waals surface area contributed by atoms with Gasteiger partial charge in [0.1, 0.15) is 5.75 Å². The van der Waals surface area contributed by atoms with Gasteiger partial charge in [0.15, 0.2) is 6.10 Å². The molecule has 1 aliphatic rings. The maximum Gasteiger partial charge on any atom is 0.263 e. The number of aliphatic hydroxyl groups excluding tert-OH is 1. The van der Waals surface area contributed by atoms with Gasteiger partial charge in [-0.25, -0.2) is 0 Å². The first-order chi connectivity index (χ1) is 9.26. The second-order valence-corrected chi connectivity index (χ2v) is 4.81. The Morgan fingerprint density at radius 3 is 2.63 bits per heavy atom. The van der Waals surface area contributed by atoms with E-state index in [0.29, 0.717) is 24.8 Å². The van der Waals surface area contributed by atoms with E-state index in [1.54, 1.807) is 4.90 Å². The molecule has 0 saturated heterocycles. The summed E-state index contributed by atoms with van der Waals surface area (Å²) in [6.07, 6.45) is 2.23. The summed E-state index contributed by atoms with van der Waals surface area (Å²) < 4.78 is 5.76. The molecule has 0 spiro atoms. The van der Waals surface area contributed by atoms with Crippen LogP contribution in [0.4, 0.5) is 0 Å². The summed E-state index contributed by atoms with van der Waals surface area (Å²) in [5.74, 6) is 0.699. The normalized spacial score (nSPS) is 15.9. The van der Waals surface area contributed by atoms with Gasteiger partial charge in [0.2, 0.25) is 0 Å². The van der Waals surface area contributed by atoms with Crippen molar-refractivity contribution in [2.24, 2.45) is 0 Å². The van der Waals surface area contributed by atoms with Gasteiger partial charge in [-0.05, 0) is 31.4 Å². The van der Waals surface area contributed by atoms with Crippen LogP contribution in [-0.2, 0) is 4.79 Å². The number of aliphatic hydroxyl groups is 1. The first kappa shape index (κ1) is 13.9. The number of benzene rings is 1. The van der Waals surface area contributed by atoms with Crippen LogP contribution in [0.3, 0.4) is 0 Å². The minimum atomic E-state index is -0.463. The number of nitrogens with zero attached hydrogens (tertiary/aromatic N) is 1. The summed E-state index contributed by atoms with van der Waals surface area (Å²) in [4.78, 5) is 14.2. The molecule has 2 rings (SSSR count). The summed E-state index contributed by atoms with van der Waals surface area (Å²) in [7, 11) is 0. The average molecular weight is 263 g/mol. The van der Waals surface area contributed by atoms with Crippen molar-refractivity contribution in [2.45, 2.75) is 38.3 Å². The van der Waals surface area contributed by atoms with Gasteiger partial charge in [0.25, 0.3) is 5.91 Å². The van der Waals surface area contributed by atoms with Crippen LogP contribution in [0.5, 0.6) is 5.75 Å². The molecule has 1 N–H and O–H groups in total. The quantitative estimate of drug-likeness (QED) is 0.816. The van der Waals surface area contributed by atoms with Crippen molar-refractivity contribution in [3.05, 3.63) is 30.3 Å². The molecule has 4 nitrogen and oxygen atoms in total. The van der Waals surface area contributed by atoms with Gasteiger partial charge in [-0.15, -0.1) is 0 Å². The van der Waals surface area contributed by atoms with Crippen LogP contribution in [-0.4, -0.2) is 41.2 Å². The maximum atomic E-state index is 12.4. The lowest BCUT2D eigenvalue weighted by molar-refractivity contribution is -0.140. The highest BCUT2D eigenvalue weighted by Crippen LogP contribution is 2.28. The Balaban J connectivity index is 2.01. The summed E-state index contributed by atoms with van der Waals surface area (Å²) >= 11 is 0. The van der Waals surface area contributed by atoms with Crippen LogP contribution < -0.4 is 4.74 Å². The number of ether oxygens (including phenoxy) is 1. The predicted molar refractivity (Wildman–Crippen MR) is 73.0 cm³/mol. The Labute approximate surface area is 114 Å². The molecule has 1 fully saturated rings. The van der Waals surface area contributed by atoms with Gasteiger partial charge in [0, 0.05) is 12.6 Å². The van der Waals surface area contributed by atoms with E-state index in [0.717, 1.165) is 12.8 Å². The monoisotopic (exact) mass is 263 g/mol. The fourth-order valence-electron chi connectivity index (χ4n) is 2.12. The number of rotatable bonds is 7. The highest BCUT2D eigenvalue weighted by molar-refractivity contribution is 5.81. The van der Waals surface area contributed by atoms with E-state index in [1.165, 1.54) is 0 Å². The summed E-state index contributed by atoms with van der Waals surface area (Å²) in [5, 5.41) is 9.07. The summed E-state index contributed by atoms with van der Waals surface area (Å²) in [5.41, 5.74) is 0. The topological polar surface area (TPSA) is 49.8 Å². The molecule has 4 heteroatoms. The SMILES string of the molecule is CCC(Oc1ccccc1)C(=O)N(CCO)C1CC1. The van der Waals surface area contributed by atoms with Crippen molar-refractivity contribution in [3.8, 4) is 5.75 Å². The summed E-state index contributed by atoms with van der Waals surface area (Å²) in [6, 6.07) is 9.69. The van der Waals surface area contributed by atoms with E-state index in [2.05, 4.69) is 0 Å². The van der Waals surface area contributed by atoms with Gasteiger partial charge in [0.05, 0.1) is 6.61 Å². The van der Waals surface area contributed by atoms with Crippen molar-refractivity contribution in [2.75, 3.05) is 13.2 Å². The zero-order valence-corrected chi connectivity index (χ0v) is 11.3. The van der Waals surface area contributed by atoms with Gasteiger partial charge in [-0.2, -0.15) is 0 Å². The van der Waals surface area contributed by atoms with E-state index in [-0.39, 0.29) is 12.5 Å². The molecule has 0 aliphatic heterocycles. The molecule has 1 aromatic rings. The lowest BCUT2D eigenvalue weighted by Crippen LogP contribution is -2.44. The number of carbonyl (C=O) groups is 1. The Kier molecular flexibility index (Phi) is 4.80. The standard InChI is InChI=1S/C15H21NO3/c1-2-14(19-13-6-4-3-5-7-13)15(18)16(10-11-17)12-8-9-12/h3-7,12,14,17H,2,8-11H2,1H3. The number of para-hydroxylation sites is 1. The van der Waals surface area contributed by atoms with E-state index >= 15 is 0 Å². The third kappa shape index (κ3) is 3.70. The molecule has 104 valence electrons. The molecule has 1 aromatic carbocycles. The first-order valence-corrected chi connectivity index (χ1v) is 6.89. The second-order valence-electron chi connectivity index (χ2n) is 4.81. The van der Waals surface area contributed by atoms with Crippen LogP contribution in [0.2, 0.25) is 0 Å². The molecular formula is C15H21NO3. The molecule has 0 bridgehead atoms. The molecule has 19 heavy (non-hydrogen) atoms. The third-order valence-corrected chi connectivity index (χ3v) is 3.28. The number of hydrogen-bond donors (Lipinski definition) is 1. The molecule has 1 atom stereocenters. The van der Waals surface area contributed by atoms with E-state index in [1.807, 2.05) is 37.3 Å². The highest BCUT2D eigenvalue weighted by Gasteiger charge is 2.35. The molecule has 0 aromatic heterocycles. The zero-order valence-electron chi connectivity index (χ0n) is 11.3. The van der Waals surface area contributed by atoms with Gasteiger partial charge < -0.3 is 14.7 Å². The molecule has 0 heterocycles. The fourth-order valence-corrected chi connectivity index (χ4v) is 2.12. The van der Waals surface area contributed by atoms with Crippen molar-refractivity contribution in [1.82, 2.24) is 4.90 Å². The maximum absolute atomic E-state index is 12.4. The van der Waals surface area contributed by atoms with Gasteiger partial charge >= 0.3 is 0 Å². The Morgan fingerprint density at radius 1 is 1.42 bits per heavy atom. The fraction of sp³-hybridized carbons (Fsp3) is 0.533. The van der Waals surface area contributed by atoms with E-state index in [4.69, 9.17) is 9.84 Å². The molecule has 1 unspecified atom stereocenters. The highest BCUT2D eigenvalue weighted by atomic mass is 16.5. The molecule has 0 radical (unpaired) electrons. The molecule has 1 amide bonds. The molecule has 1 saturated carbocycles. The number of hydrogen-bond acceptors (Lipinski definition) is 3. The number of amides is 1. The minimum Gasteiger partial charge on any atom is -0.481 e. The molecule has 1 aliphatic carbocycles. The Morgan fingerprint density at radius 2 is 2.11 bits per heavy atom. The Hall–Kier alpha value is -1.55. The third-order valence-electron chi connectivity index (χ3n) is 3.28. The largest absolute Gasteiger partial charge is 0.481 e. The van der Waals surface area contributed by atoms with Gasteiger partial charge in [-0.3, -0.25) is 4.79 Å². The van der Waals surface area contributed by atoms with Crippen molar-refractivity contribution in [1.29, 1.82) is 0 Å². The van der Waals surface area contributed by atoms with E-state index < -0.39 is 6.10 Å². The summed E-state index contributed by atoms with van der Waals surface area (Å²) in [6.45, 7) is 2.34. The van der Waals surface area contributed by atoms with Crippen LogP contribution >= 0.6 is 0 Å². The van der Waals surface area contributed by atoms with Crippen molar-refractivity contribution < 1.29 is 14.6 Å². The number of carbonyl (C=O) groups excluding carboxylic acids is 1. The van der Waals surface area contributed by atoms with Crippen LogP contribution in [0.15, 0.2) is 30.3 Å². The smallest absolute Gasteiger partial charge is 0.263 e. The first-order valence-electron chi connectivity index (χ1n) is 6.89. The Bertz CT molecular complexity index is 403. The van der Waals surface area contributed by atoms with Crippen molar-refractivity contribution in [3.63, 3.8) is 0 Å².